The zero-order valence-corrected chi connectivity index (χ0v) is 13.0. The molecule has 3 N–H and O–H groups in total. The lowest BCUT2D eigenvalue weighted by molar-refractivity contribution is 0.498. The van der Waals surface area contributed by atoms with Gasteiger partial charge in [0.15, 0.2) is 0 Å². The third-order valence-corrected chi connectivity index (χ3v) is 5.32. The lowest BCUT2D eigenvalue weighted by Gasteiger charge is -2.19. The zero-order chi connectivity index (χ0) is 16.6. The van der Waals surface area contributed by atoms with E-state index in [4.69, 9.17) is 5.73 Å². The third-order valence-electron chi connectivity index (χ3n) is 3.86. The fourth-order valence-corrected chi connectivity index (χ4v) is 3.76. The third kappa shape index (κ3) is 3.51. The van der Waals surface area contributed by atoms with Gasteiger partial charge in [-0.25, -0.2) is 21.9 Å². The van der Waals surface area contributed by atoms with Gasteiger partial charge in [-0.2, -0.15) is 0 Å². The average molecular weight is 338 g/mol. The van der Waals surface area contributed by atoms with Crippen LogP contribution in [0.5, 0.6) is 0 Å². The van der Waals surface area contributed by atoms with Crippen molar-refractivity contribution >= 4 is 15.7 Å². The summed E-state index contributed by atoms with van der Waals surface area (Å²) in [6, 6.07) is 7.99. The summed E-state index contributed by atoms with van der Waals surface area (Å²) in [5, 5.41) is 0. The van der Waals surface area contributed by atoms with Crippen molar-refractivity contribution < 1.29 is 17.2 Å². The molecule has 2 aromatic carbocycles. The second-order valence-electron chi connectivity index (χ2n) is 5.67. The first kappa shape index (κ1) is 15.9. The quantitative estimate of drug-likeness (QED) is 0.823. The van der Waals surface area contributed by atoms with Gasteiger partial charge in [0.2, 0.25) is 10.0 Å². The second-order valence-corrected chi connectivity index (χ2v) is 7.39. The summed E-state index contributed by atoms with van der Waals surface area (Å²) in [4.78, 5) is 0.0363. The number of hydrogen-bond acceptors (Lipinski definition) is 3. The van der Waals surface area contributed by atoms with E-state index in [-0.39, 0.29) is 16.4 Å². The topological polar surface area (TPSA) is 72.2 Å². The van der Waals surface area contributed by atoms with Crippen molar-refractivity contribution in [3.8, 4) is 0 Å². The summed E-state index contributed by atoms with van der Waals surface area (Å²) in [5.41, 5.74) is 6.03. The summed E-state index contributed by atoms with van der Waals surface area (Å²) in [7, 11) is -3.85. The van der Waals surface area contributed by atoms with E-state index in [1.165, 1.54) is 24.3 Å². The fourth-order valence-electron chi connectivity index (χ4n) is 2.48. The molecule has 0 heterocycles. The van der Waals surface area contributed by atoms with Gasteiger partial charge in [-0.05, 0) is 61.2 Å². The first-order valence-corrected chi connectivity index (χ1v) is 8.68. The first-order chi connectivity index (χ1) is 10.9. The van der Waals surface area contributed by atoms with Crippen LogP contribution >= 0.6 is 0 Å². The Morgan fingerprint density at radius 1 is 1.09 bits per heavy atom. The van der Waals surface area contributed by atoms with E-state index in [1.807, 2.05) is 0 Å². The smallest absolute Gasteiger partial charge is 0.241 e. The van der Waals surface area contributed by atoms with E-state index < -0.39 is 27.7 Å². The lowest BCUT2D eigenvalue weighted by Crippen LogP contribution is -2.30. The van der Waals surface area contributed by atoms with E-state index >= 15 is 0 Å². The molecule has 7 heteroatoms. The van der Waals surface area contributed by atoms with Gasteiger partial charge in [-0.1, -0.05) is 0 Å². The monoisotopic (exact) mass is 338 g/mol. The number of hydrogen-bond donors (Lipinski definition) is 2. The number of rotatable bonds is 5. The maximum atomic E-state index is 14.0. The minimum absolute atomic E-state index is 0.0325. The Balaban J connectivity index is 1.94. The Labute approximate surface area is 133 Å². The van der Waals surface area contributed by atoms with Crippen molar-refractivity contribution in [2.75, 3.05) is 5.73 Å². The molecule has 1 saturated carbocycles. The van der Waals surface area contributed by atoms with Crippen LogP contribution in [0.15, 0.2) is 47.4 Å². The number of anilines is 1. The minimum atomic E-state index is -3.85. The molecule has 2 aromatic rings. The van der Waals surface area contributed by atoms with Crippen LogP contribution < -0.4 is 10.5 Å². The molecule has 1 aliphatic carbocycles. The predicted octanol–water partition coefficient (Wildman–Crippen LogP) is 2.98. The number of benzene rings is 2. The van der Waals surface area contributed by atoms with Crippen LogP contribution in [-0.4, -0.2) is 8.42 Å². The Hall–Kier alpha value is -1.99. The Morgan fingerprint density at radius 3 is 2.35 bits per heavy atom. The van der Waals surface area contributed by atoms with Gasteiger partial charge in [-0.15, -0.1) is 0 Å². The van der Waals surface area contributed by atoms with E-state index in [1.54, 1.807) is 0 Å². The standard InChI is InChI=1S/C16H16F2N2O2S/c17-11-3-8-15(18)14(9-11)16(10-1-2-10)20-23(21,22)13-6-4-12(19)5-7-13/h3-10,16,20H,1-2,19H2/t16-/m0/s1. The molecule has 1 atom stereocenters. The average Bonchev–Trinajstić information content (AvgIpc) is 3.33. The molecule has 0 unspecified atom stereocenters. The summed E-state index contributed by atoms with van der Waals surface area (Å²) in [6.07, 6.45) is 1.54. The van der Waals surface area contributed by atoms with Crippen LogP contribution in [0.2, 0.25) is 0 Å². The molecule has 0 saturated heterocycles. The first-order valence-electron chi connectivity index (χ1n) is 7.19. The largest absolute Gasteiger partial charge is 0.399 e. The zero-order valence-electron chi connectivity index (χ0n) is 12.2. The van der Waals surface area contributed by atoms with Gasteiger partial charge in [0, 0.05) is 11.3 Å². The van der Waals surface area contributed by atoms with Crippen molar-refractivity contribution in [1.82, 2.24) is 4.72 Å². The van der Waals surface area contributed by atoms with Crippen LogP contribution in [0.4, 0.5) is 14.5 Å². The van der Waals surface area contributed by atoms with Gasteiger partial charge in [0.1, 0.15) is 11.6 Å². The molecule has 0 spiro atoms. The minimum Gasteiger partial charge on any atom is -0.399 e. The molecule has 4 nitrogen and oxygen atoms in total. The second kappa shape index (κ2) is 5.90. The number of nitrogens with one attached hydrogen (secondary N) is 1. The van der Waals surface area contributed by atoms with Crippen molar-refractivity contribution in [2.45, 2.75) is 23.8 Å². The maximum absolute atomic E-state index is 14.0. The van der Waals surface area contributed by atoms with Crippen molar-refractivity contribution in [2.24, 2.45) is 5.92 Å². The molecular formula is C16H16F2N2O2S. The van der Waals surface area contributed by atoms with Gasteiger partial charge in [-0.3, -0.25) is 0 Å². The number of halogens is 2. The van der Waals surface area contributed by atoms with Crippen molar-refractivity contribution in [3.05, 3.63) is 59.7 Å². The lowest BCUT2D eigenvalue weighted by atomic mass is 10.0. The molecule has 1 aliphatic rings. The molecule has 0 radical (unpaired) electrons. The molecule has 122 valence electrons. The molecular weight excluding hydrogens is 322 g/mol. The van der Waals surface area contributed by atoms with Crippen LogP contribution in [0, 0.1) is 17.6 Å². The van der Waals surface area contributed by atoms with Gasteiger partial charge >= 0.3 is 0 Å². The fraction of sp³-hybridized carbons (Fsp3) is 0.250. The molecule has 1 fully saturated rings. The number of nitrogen functional groups attached to an aromatic ring is 1. The number of sulfonamides is 1. The van der Waals surface area contributed by atoms with Gasteiger partial charge < -0.3 is 5.73 Å². The van der Waals surface area contributed by atoms with E-state index in [9.17, 15) is 17.2 Å². The highest BCUT2D eigenvalue weighted by atomic mass is 32.2. The van der Waals surface area contributed by atoms with Gasteiger partial charge in [0.25, 0.3) is 0 Å². The van der Waals surface area contributed by atoms with Crippen LogP contribution in [-0.2, 0) is 10.0 Å². The van der Waals surface area contributed by atoms with Crippen molar-refractivity contribution in [3.63, 3.8) is 0 Å². The van der Waals surface area contributed by atoms with Crippen LogP contribution in [0.1, 0.15) is 24.4 Å². The van der Waals surface area contributed by atoms with Crippen molar-refractivity contribution in [1.29, 1.82) is 0 Å². The molecule has 23 heavy (non-hydrogen) atoms. The summed E-state index contributed by atoms with van der Waals surface area (Å²) in [6.45, 7) is 0. The summed E-state index contributed by atoms with van der Waals surface area (Å²) < 4.78 is 54.9. The van der Waals surface area contributed by atoms with E-state index in [0.29, 0.717) is 5.69 Å². The highest BCUT2D eigenvalue weighted by molar-refractivity contribution is 7.89. The summed E-state index contributed by atoms with van der Waals surface area (Å²) in [5.74, 6) is -1.25. The van der Waals surface area contributed by atoms with E-state index in [2.05, 4.69) is 4.72 Å². The van der Waals surface area contributed by atoms with E-state index in [0.717, 1.165) is 31.0 Å². The van der Waals surface area contributed by atoms with Crippen LogP contribution in [0.3, 0.4) is 0 Å². The maximum Gasteiger partial charge on any atom is 0.241 e. The molecule has 0 aliphatic heterocycles. The molecule has 0 amide bonds. The molecule has 0 aromatic heterocycles. The Kier molecular flexibility index (Phi) is 4.08. The SMILES string of the molecule is Nc1ccc(S(=O)(=O)N[C@H](c2cc(F)ccc2F)C2CC2)cc1. The van der Waals surface area contributed by atoms with Crippen LogP contribution in [0.25, 0.3) is 0 Å². The molecule has 0 bridgehead atoms. The normalized spacial score (nSPS) is 16.3. The predicted molar refractivity (Wildman–Crippen MR) is 83.0 cm³/mol. The summed E-state index contributed by atoms with van der Waals surface area (Å²) >= 11 is 0. The Bertz CT molecular complexity index is 818. The highest BCUT2D eigenvalue weighted by Crippen LogP contribution is 2.42. The highest BCUT2D eigenvalue weighted by Gasteiger charge is 2.37. The number of nitrogens with two attached hydrogens (primary N) is 1. The van der Waals surface area contributed by atoms with Gasteiger partial charge in [0.05, 0.1) is 10.9 Å². The molecule has 3 rings (SSSR count). The Morgan fingerprint density at radius 2 is 1.74 bits per heavy atom.